The van der Waals surface area contributed by atoms with Gasteiger partial charge in [0.1, 0.15) is 12.0 Å². The smallest absolute Gasteiger partial charge is 0.309 e. The molecule has 0 saturated carbocycles. The average Bonchev–Trinajstić information content (AvgIpc) is 2.94. The SMILES string of the molecule is CC(C)(CCNc1ncnc(-n2cccn2)c1N)C(=O)O. The number of hydrogen-bond donors (Lipinski definition) is 3. The number of aliphatic carboxylic acids is 1. The van der Waals surface area contributed by atoms with E-state index in [2.05, 4.69) is 20.4 Å². The van der Waals surface area contributed by atoms with Crippen LogP contribution in [0.1, 0.15) is 20.3 Å². The molecule has 112 valence electrons. The van der Waals surface area contributed by atoms with Crippen molar-refractivity contribution in [1.82, 2.24) is 19.7 Å². The van der Waals surface area contributed by atoms with Gasteiger partial charge in [0.15, 0.2) is 11.6 Å². The molecule has 0 fully saturated rings. The third-order valence-electron chi connectivity index (χ3n) is 3.21. The molecular weight excluding hydrogens is 272 g/mol. The maximum Gasteiger partial charge on any atom is 0.309 e. The van der Waals surface area contributed by atoms with E-state index in [1.807, 2.05) is 0 Å². The van der Waals surface area contributed by atoms with Gasteiger partial charge in [0.2, 0.25) is 0 Å². The van der Waals surface area contributed by atoms with E-state index in [1.54, 1.807) is 37.0 Å². The molecule has 0 aliphatic rings. The monoisotopic (exact) mass is 290 g/mol. The summed E-state index contributed by atoms with van der Waals surface area (Å²) in [5.74, 6) is 0.115. The van der Waals surface area contributed by atoms with Crippen LogP contribution < -0.4 is 11.1 Å². The lowest BCUT2D eigenvalue weighted by Gasteiger charge is -2.19. The van der Waals surface area contributed by atoms with Crippen molar-refractivity contribution in [3.8, 4) is 5.82 Å². The van der Waals surface area contributed by atoms with Crippen molar-refractivity contribution >= 4 is 17.5 Å². The van der Waals surface area contributed by atoms with Gasteiger partial charge in [-0.25, -0.2) is 14.6 Å². The van der Waals surface area contributed by atoms with Crippen molar-refractivity contribution in [2.75, 3.05) is 17.6 Å². The fourth-order valence-corrected chi connectivity index (χ4v) is 1.70. The van der Waals surface area contributed by atoms with Gasteiger partial charge in [0, 0.05) is 18.9 Å². The predicted molar refractivity (Wildman–Crippen MR) is 78.1 cm³/mol. The fourth-order valence-electron chi connectivity index (χ4n) is 1.70. The van der Waals surface area contributed by atoms with Crippen LogP contribution in [0, 0.1) is 5.41 Å². The highest BCUT2D eigenvalue weighted by atomic mass is 16.4. The van der Waals surface area contributed by atoms with Gasteiger partial charge in [-0.1, -0.05) is 0 Å². The highest BCUT2D eigenvalue weighted by Gasteiger charge is 2.26. The molecule has 0 unspecified atom stereocenters. The second-order valence-corrected chi connectivity index (χ2v) is 5.28. The van der Waals surface area contributed by atoms with E-state index in [4.69, 9.17) is 10.8 Å². The molecule has 2 heterocycles. The van der Waals surface area contributed by atoms with Crippen LogP contribution >= 0.6 is 0 Å². The number of aromatic nitrogens is 4. The first-order chi connectivity index (χ1) is 9.92. The molecule has 21 heavy (non-hydrogen) atoms. The minimum Gasteiger partial charge on any atom is -0.481 e. The van der Waals surface area contributed by atoms with Gasteiger partial charge in [0.05, 0.1) is 5.41 Å². The number of rotatable bonds is 6. The first kappa shape index (κ1) is 14.8. The van der Waals surface area contributed by atoms with E-state index in [0.29, 0.717) is 30.3 Å². The second kappa shape index (κ2) is 5.78. The summed E-state index contributed by atoms with van der Waals surface area (Å²) in [6, 6.07) is 1.77. The lowest BCUT2D eigenvalue weighted by atomic mass is 9.90. The molecule has 8 nitrogen and oxygen atoms in total. The number of nitrogens with one attached hydrogen (secondary N) is 1. The van der Waals surface area contributed by atoms with Crippen LogP contribution in [0.4, 0.5) is 11.5 Å². The van der Waals surface area contributed by atoms with Crippen LogP contribution in [0.15, 0.2) is 24.8 Å². The summed E-state index contributed by atoms with van der Waals surface area (Å²) >= 11 is 0. The van der Waals surface area contributed by atoms with E-state index in [9.17, 15) is 4.79 Å². The average molecular weight is 290 g/mol. The summed E-state index contributed by atoms with van der Waals surface area (Å²) in [5.41, 5.74) is 5.58. The van der Waals surface area contributed by atoms with E-state index < -0.39 is 11.4 Å². The van der Waals surface area contributed by atoms with Gasteiger partial charge in [-0.2, -0.15) is 5.10 Å². The fraction of sp³-hybridized carbons (Fsp3) is 0.385. The van der Waals surface area contributed by atoms with Crippen LogP contribution in [-0.2, 0) is 4.79 Å². The van der Waals surface area contributed by atoms with Gasteiger partial charge in [0.25, 0.3) is 0 Å². The Hall–Kier alpha value is -2.64. The molecule has 8 heteroatoms. The maximum absolute atomic E-state index is 11.1. The van der Waals surface area contributed by atoms with E-state index in [-0.39, 0.29) is 0 Å². The third-order valence-corrected chi connectivity index (χ3v) is 3.21. The first-order valence-corrected chi connectivity index (χ1v) is 6.49. The molecule has 0 saturated heterocycles. The molecule has 0 amide bonds. The minimum absolute atomic E-state index is 0.370. The zero-order valence-electron chi connectivity index (χ0n) is 11.9. The summed E-state index contributed by atoms with van der Waals surface area (Å²) in [6.45, 7) is 3.80. The standard InChI is InChI=1S/C13H18N6O2/c1-13(2,12(20)21)4-6-15-10-9(14)11(17-8-16-10)19-7-3-5-18-19/h3,5,7-8H,4,6,14H2,1-2H3,(H,20,21)(H,15,16,17). The first-order valence-electron chi connectivity index (χ1n) is 6.49. The summed E-state index contributed by atoms with van der Waals surface area (Å²) < 4.78 is 1.55. The third kappa shape index (κ3) is 3.28. The number of anilines is 2. The van der Waals surface area contributed by atoms with Crippen molar-refractivity contribution in [3.05, 3.63) is 24.8 Å². The predicted octanol–water partition coefficient (Wildman–Crippen LogP) is 1.16. The number of carbonyl (C=O) groups is 1. The quantitative estimate of drug-likeness (QED) is 0.730. The molecule has 2 aromatic rings. The Morgan fingerprint density at radius 3 is 2.86 bits per heavy atom. The topological polar surface area (TPSA) is 119 Å². The van der Waals surface area contributed by atoms with E-state index in [0.717, 1.165) is 0 Å². The number of nitrogen functional groups attached to an aromatic ring is 1. The molecule has 2 rings (SSSR count). The number of nitrogens with zero attached hydrogens (tertiary/aromatic N) is 4. The van der Waals surface area contributed by atoms with Crippen molar-refractivity contribution in [1.29, 1.82) is 0 Å². The van der Waals surface area contributed by atoms with Crippen LogP contribution in [0.25, 0.3) is 5.82 Å². The molecule has 0 aliphatic heterocycles. The van der Waals surface area contributed by atoms with Gasteiger partial charge in [-0.05, 0) is 26.3 Å². The van der Waals surface area contributed by atoms with Crippen LogP contribution in [0.5, 0.6) is 0 Å². The van der Waals surface area contributed by atoms with Gasteiger partial charge < -0.3 is 16.2 Å². The van der Waals surface area contributed by atoms with Gasteiger partial charge in [-0.15, -0.1) is 0 Å². The van der Waals surface area contributed by atoms with Crippen molar-refractivity contribution in [2.45, 2.75) is 20.3 Å². The van der Waals surface area contributed by atoms with Crippen LogP contribution in [0.2, 0.25) is 0 Å². The van der Waals surface area contributed by atoms with E-state index >= 15 is 0 Å². The molecule has 0 aromatic carbocycles. The number of hydrogen-bond acceptors (Lipinski definition) is 6. The van der Waals surface area contributed by atoms with Crippen LogP contribution in [0.3, 0.4) is 0 Å². The number of carboxylic acids is 1. The Bertz CT molecular complexity index is 624. The summed E-state index contributed by atoms with van der Waals surface area (Å²) in [6.07, 6.45) is 5.20. The van der Waals surface area contributed by atoms with Crippen molar-refractivity contribution in [2.24, 2.45) is 5.41 Å². The Kier molecular flexibility index (Phi) is 4.06. The highest BCUT2D eigenvalue weighted by molar-refractivity contribution is 5.73. The van der Waals surface area contributed by atoms with Crippen molar-refractivity contribution in [3.63, 3.8) is 0 Å². The summed E-state index contributed by atoms with van der Waals surface area (Å²) in [5, 5.41) is 16.2. The molecule has 2 aromatic heterocycles. The van der Waals surface area contributed by atoms with Gasteiger partial charge >= 0.3 is 5.97 Å². The number of carboxylic acid groups (broad SMARTS) is 1. The summed E-state index contributed by atoms with van der Waals surface area (Å²) in [7, 11) is 0. The van der Waals surface area contributed by atoms with Gasteiger partial charge in [-0.3, -0.25) is 4.79 Å². The largest absolute Gasteiger partial charge is 0.481 e. The zero-order valence-corrected chi connectivity index (χ0v) is 11.9. The Morgan fingerprint density at radius 2 is 2.24 bits per heavy atom. The lowest BCUT2D eigenvalue weighted by molar-refractivity contribution is -0.147. The summed E-state index contributed by atoms with van der Waals surface area (Å²) in [4.78, 5) is 19.2. The molecule has 0 atom stereocenters. The molecule has 0 radical (unpaired) electrons. The Morgan fingerprint density at radius 1 is 1.48 bits per heavy atom. The minimum atomic E-state index is -0.836. The van der Waals surface area contributed by atoms with Crippen molar-refractivity contribution < 1.29 is 9.90 Å². The normalized spacial score (nSPS) is 11.3. The lowest BCUT2D eigenvalue weighted by Crippen LogP contribution is -2.26. The molecule has 0 bridgehead atoms. The second-order valence-electron chi connectivity index (χ2n) is 5.28. The molecule has 4 N–H and O–H groups in total. The highest BCUT2D eigenvalue weighted by Crippen LogP contribution is 2.23. The zero-order chi connectivity index (χ0) is 15.5. The Balaban J connectivity index is 2.08. The van der Waals surface area contributed by atoms with Crippen LogP contribution in [-0.4, -0.2) is 37.4 Å². The van der Waals surface area contributed by atoms with E-state index in [1.165, 1.54) is 6.33 Å². The molecule has 0 spiro atoms. The molecular formula is C13H18N6O2. The maximum atomic E-state index is 11.1. The number of nitrogens with two attached hydrogens (primary N) is 1. The molecule has 0 aliphatic carbocycles. The Labute approximate surface area is 122 Å².